The minimum atomic E-state index is -0.465. The van der Waals surface area contributed by atoms with Crippen LogP contribution in [0.4, 0.5) is 17.1 Å². The number of anilines is 3. The lowest BCUT2D eigenvalue weighted by atomic mass is 10.1. The summed E-state index contributed by atoms with van der Waals surface area (Å²) in [6.45, 7) is 2.18. The quantitative estimate of drug-likeness (QED) is 0.710. The molecule has 0 unspecified atom stereocenters. The second kappa shape index (κ2) is 6.79. The second-order valence-corrected chi connectivity index (χ2v) is 5.09. The van der Waals surface area contributed by atoms with E-state index in [2.05, 4.69) is 24.4 Å². The summed E-state index contributed by atoms with van der Waals surface area (Å²) in [5, 5.41) is 3.22. The van der Waals surface area contributed by atoms with Crippen molar-refractivity contribution >= 4 is 23.0 Å². The van der Waals surface area contributed by atoms with Crippen LogP contribution in [0.15, 0.2) is 42.5 Å². The number of hydrogen-bond donors (Lipinski definition) is 3. The van der Waals surface area contributed by atoms with Crippen molar-refractivity contribution in [2.24, 2.45) is 5.73 Å². The standard InChI is InChI=1S/C17H21N3O/c1-2-3-4-12-5-8-14(9-6-12)20-16-11-13(17(19)21)7-10-15(16)18/h5-11,20H,2-4,18H2,1H3,(H2,19,21). The number of carbonyl (C=O) groups excluding carboxylic acids is 1. The van der Waals surface area contributed by atoms with Crippen LogP contribution in [-0.4, -0.2) is 5.91 Å². The van der Waals surface area contributed by atoms with Crippen molar-refractivity contribution in [1.29, 1.82) is 0 Å². The normalized spacial score (nSPS) is 10.3. The zero-order chi connectivity index (χ0) is 15.2. The average Bonchev–Trinajstić information content (AvgIpc) is 2.48. The SMILES string of the molecule is CCCCc1ccc(Nc2cc(C(N)=O)ccc2N)cc1. The molecule has 0 atom stereocenters. The molecule has 1 amide bonds. The van der Waals surface area contributed by atoms with Crippen LogP contribution in [0.2, 0.25) is 0 Å². The van der Waals surface area contributed by atoms with Crippen LogP contribution in [0.1, 0.15) is 35.7 Å². The molecule has 21 heavy (non-hydrogen) atoms. The zero-order valence-electron chi connectivity index (χ0n) is 12.2. The molecule has 4 nitrogen and oxygen atoms in total. The molecule has 0 saturated heterocycles. The molecule has 4 heteroatoms. The van der Waals surface area contributed by atoms with Crippen LogP contribution in [0.25, 0.3) is 0 Å². The molecule has 0 aliphatic heterocycles. The van der Waals surface area contributed by atoms with Gasteiger partial charge in [-0.2, -0.15) is 0 Å². The van der Waals surface area contributed by atoms with Gasteiger partial charge in [0.1, 0.15) is 0 Å². The molecule has 110 valence electrons. The largest absolute Gasteiger partial charge is 0.397 e. The van der Waals surface area contributed by atoms with Gasteiger partial charge in [0.25, 0.3) is 0 Å². The van der Waals surface area contributed by atoms with Crippen LogP contribution in [0.3, 0.4) is 0 Å². The molecular weight excluding hydrogens is 262 g/mol. The van der Waals surface area contributed by atoms with Crippen molar-refractivity contribution in [1.82, 2.24) is 0 Å². The summed E-state index contributed by atoms with van der Waals surface area (Å²) in [6, 6.07) is 13.2. The minimum Gasteiger partial charge on any atom is -0.397 e. The Labute approximate surface area is 125 Å². The number of nitrogen functional groups attached to an aromatic ring is 1. The van der Waals surface area contributed by atoms with E-state index in [1.807, 2.05) is 12.1 Å². The molecule has 2 aromatic rings. The summed E-state index contributed by atoms with van der Waals surface area (Å²) in [5.41, 5.74) is 15.2. The summed E-state index contributed by atoms with van der Waals surface area (Å²) in [4.78, 5) is 11.2. The highest BCUT2D eigenvalue weighted by Crippen LogP contribution is 2.24. The first-order chi connectivity index (χ1) is 10.1. The van der Waals surface area contributed by atoms with Gasteiger partial charge in [0.05, 0.1) is 11.4 Å². The van der Waals surface area contributed by atoms with Gasteiger partial charge in [-0.15, -0.1) is 0 Å². The fraction of sp³-hybridized carbons (Fsp3) is 0.235. The number of hydrogen-bond acceptors (Lipinski definition) is 3. The summed E-state index contributed by atoms with van der Waals surface area (Å²) in [6.07, 6.45) is 3.48. The molecular formula is C17H21N3O. The predicted molar refractivity (Wildman–Crippen MR) is 87.7 cm³/mol. The van der Waals surface area contributed by atoms with Crippen LogP contribution in [-0.2, 0) is 6.42 Å². The van der Waals surface area contributed by atoms with E-state index in [0.717, 1.165) is 12.1 Å². The van der Waals surface area contributed by atoms with Crippen LogP contribution in [0.5, 0.6) is 0 Å². The highest BCUT2D eigenvalue weighted by molar-refractivity contribution is 5.95. The smallest absolute Gasteiger partial charge is 0.248 e. The topological polar surface area (TPSA) is 81.1 Å². The molecule has 0 aliphatic carbocycles. The Bertz CT molecular complexity index is 620. The van der Waals surface area contributed by atoms with Gasteiger partial charge in [0, 0.05) is 11.3 Å². The van der Waals surface area contributed by atoms with Crippen molar-refractivity contribution < 1.29 is 4.79 Å². The first-order valence-electron chi connectivity index (χ1n) is 7.15. The van der Waals surface area contributed by atoms with Crippen LogP contribution >= 0.6 is 0 Å². The van der Waals surface area contributed by atoms with E-state index in [4.69, 9.17) is 11.5 Å². The molecule has 0 radical (unpaired) electrons. The Morgan fingerprint density at radius 2 is 1.86 bits per heavy atom. The van der Waals surface area contributed by atoms with Gasteiger partial charge in [0.2, 0.25) is 5.91 Å². The van der Waals surface area contributed by atoms with Gasteiger partial charge in [-0.3, -0.25) is 4.79 Å². The molecule has 0 fully saturated rings. The molecule has 0 bridgehead atoms. The van der Waals surface area contributed by atoms with Gasteiger partial charge in [-0.1, -0.05) is 25.5 Å². The maximum absolute atomic E-state index is 11.2. The highest BCUT2D eigenvalue weighted by atomic mass is 16.1. The number of primary amides is 1. The average molecular weight is 283 g/mol. The molecule has 0 heterocycles. The third-order valence-electron chi connectivity index (χ3n) is 3.39. The number of nitrogens with one attached hydrogen (secondary N) is 1. The lowest BCUT2D eigenvalue weighted by Gasteiger charge is -2.11. The van der Waals surface area contributed by atoms with Gasteiger partial charge in [-0.25, -0.2) is 0 Å². The molecule has 0 spiro atoms. The van der Waals surface area contributed by atoms with Crippen LogP contribution < -0.4 is 16.8 Å². The first kappa shape index (κ1) is 14.9. The van der Waals surface area contributed by atoms with Crippen molar-refractivity contribution in [2.45, 2.75) is 26.2 Å². The second-order valence-electron chi connectivity index (χ2n) is 5.09. The van der Waals surface area contributed by atoms with Crippen LogP contribution in [0, 0.1) is 0 Å². The van der Waals surface area contributed by atoms with Gasteiger partial charge < -0.3 is 16.8 Å². The number of benzene rings is 2. The van der Waals surface area contributed by atoms with Gasteiger partial charge in [0.15, 0.2) is 0 Å². The summed E-state index contributed by atoms with van der Waals surface area (Å²) in [5.74, 6) is -0.465. The Morgan fingerprint density at radius 3 is 2.48 bits per heavy atom. The number of aryl methyl sites for hydroxylation is 1. The van der Waals surface area contributed by atoms with Crippen molar-refractivity contribution in [3.05, 3.63) is 53.6 Å². The van der Waals surface area contributed by atoms with Crippen molar-refractivity contribution in [2.75, 3.05) is 11.1 Å². The van der Waals surface area contributed by atoms with E-state index >= 15 is 0 Å². The Kier molecular flexibility index (Phi) is 4.82. The summed E-state index contributed by atoms with van der Waals surface area (Å²) < 4.78 is 0. The predicted octanol–water partition coefficient (Wildman–Crippen LogP) is 3.45. The number of rotatable bonds is 6. The first-order valence-corrected chi connectivity index (χ1v) is 7.15. The fourth-order valence-corrected chi connectivity index (χ4v) is 2.11. The number of carbonyl (C=O) groups is 1. The number of unbranched alkanes of at least 4 members (excludes halogenated alkanes) is 1. The Hall–Kier alpha value is -2.49. The molecule has 0 aliphatic rings. The molecule has 2 aromatic carbocycles. The molecule has 5 N–H and O–H groups in total. The van der Waals surface area contributed by atoms with E-state index in [-0.39, 0.29) is 0 Å². The third-order valence-corrected chi connectivity index (χ3v) is 3.39. The lowest BCUT2D eigenvalue weighted by molar-refractivity contribution is 0.100. The van der Waals surface area contributed by atoms with Crippen molar-refractivity contribution in [3.8, 4) is 0 Å². The molecule has 0 aromatic heterocycles. The Balaban J connectivity index is 2.14. The lowest BCUT2D eigenvalue weighted by Crippen LogP contribution is -2.11. The minimum absolute atomic E-state index is 0.436. The van der Waals surface area contributed by atoms with E-state index in [1.54, 1.807) is 18.2 Å². The maximum atomic E-state index is 11.2. The van der Waals surface area contributed by atoms with E-state index in [0.29, 0.717) is 16.9 Å². The maximum Gasteiger partial charge on any atom is 0.248 e. The van der Waals surface area contributed by atoms with E-state index in [9.17, 15) is 4.79 Å². The Morgan fingerprint density at radius 1 is 1.14 bits per heavy atom. The molecule has 0 saturated carbocycles. The van der Waals surface area contributed by atoms with E-state index in [1.165, 1.54) is 18.4 Å². The molecule has 2 rings (SSSR count). The summed E-state index contributed by atoms with van der Waals surface area (Å²) >= 11 is 0. The summed E-state index contributed by atoms with van der Waals surface area (Å²) in [7, 11) is 0. The van der Waals surface area contributed by atoms with Crippen molar-refractivity contribution in [3.63, 3.8) is 0 Å². The van der Waals surface area contributed by atoms with Gasteiger partial charge >= 0.3 is 0 Å². The van der Waals surface area contributed by atoms with Gasteiger partial charge in [-0.05, 0) is 48.7 Å². The number of amides is 1. The third kappa shape index (κ3) is 3.99. The van der Waals surface area contributed by atoms with E-state index < -0.39 is 5.91 Å². The highest BCUT2D eigenvalue weighted by Gasteiger charge is 2.05. The number of nitrogens with two attached hydrogens (primary N) is 2. The fourth-order valence-electron chi connectivity index (χ4n) is 2.11. The zero-order valence-corrected chi connectivity index (χ0v) is 12.2. The monoisotopic (exact) mass is 283 g/mol.